The number of pyridine rings is 1. The van der Waals surface area contributed by atoms with Crippen LogP contribution in [0.3, 0.4) is 0 Å². The first-order chi connectivity index (χ1) is 12.6. The van der Waals surface area contributed by atoms with Crippen LogP contribution in [0.25, 0.3) is 0 Å². The highest BCUT2D eigenvalue weighted by Crippen LogP contribution is 2.22. The topological polar surface area (TPSA) is 72.4 Å². The van der Waals surface area contributed by atoms with E-state index in [1.165, 1.54) is 0 Å². The predicted molar refractivity (Wildman–Crippen MR) is 99.9 cm³/mol. The predicted octanol–water partition coefficient (Wildman–Crippen LogP) is 1.28. The lowest BCUT2D eigenvalue weighted by Crippen LogP contribution is -2.53. The van der Waals surface area contributed by atoms with Gasteiger partial charge in [0.05, 0.1) is 6.54 Å². The number of nitrogens with one attached hydrogen (secondary N) is 2. The van der Waals surface area contributed by atoms with E-state index in [2.05, 4.69) is 10.6 Å². The highest BCUT2D eigenvalue weighted by atomic mass is 16.5. The van der Waals surface area contributed by atoms with Gasteiger partial charge in [0.2, 0.25) is 0 Å². The summed E-state index contributed by atoms with van der Waals surface area (Å²) in [4.78, 5) is 24.3. The van der Waals surface area contributed by atoms with Gasteiger partial charge in [0.1, 0.15) is 5.60 Å². The van der Waals surface area contributed by atoms with E-state index in [9.17, 15) is 9.59 Å². The molecular formula is C20H25N3O3. The fourth-order valence-corrected chi connectivity index (χ4v) is 3.25. The summed E-state index contributed by atoms with van der Waals surface area (Å²) in [6, 6.07) is 13.1. The van der Waals surface area contributed by atoms with Crippen molar-refractivity contribution in [3.8, 4) is 0 Å². The van der Waals surface area contributed by atoms with Gasteiger partial charge < -0.3 is 19.9 Å². The highest BCUT2D eigenvalue weighted by Gasteiger charge is 2.39. The van der Waals surface area contributed by atoms with E-state index in [1.54, 1.807) is 30.0 Å². The van der Waals surface area contributed by atoms with Gasteiger partial charge >= 0.3 is 0 Å². The van der Waals surface area contributed by atoms with Gasteiger partial charge in [-0.05, 0) is 43.1 Å². The molecule has 0 spiro atoms. The minimum absolute atomic E-state index is 0.0179. The summed E-state index contributed by atoms with van der Waals surface area (Å²) in [5, 5.41) is 6.24. The first-order valence-electron chi connectivity index (χ1n) is 8.90. The zero-order chi connectivity index (χ0) is 18.4. The van der Waals surface area contributed by atoms with Crippen LogP contribution in [0, 0.1) is 0 Å². The summed E-state index contributed by atoms with van der Waals surface area (Å²) >= 11 is 0. The smallest absolute Gasteiger partial charge is 0.252 e. The second-order valence-electron chi connectivity index (χ2n) is 6.61. The van der Waals surface area contributed by atoms with Crippen molar-refractivity contribution < 1.29 is 9.53 Å². The normalized spacial score (nSPS) is 16.2. The van der Waals surface area contributed by atoms with Crippen LogP contribution in [-0.2, 0) is 22.6 Å². The minimum Gasteiger partial charge on any atom is -0.368 e. The van der Waals surface area contributed by atoms with Gasteiger partial charge in [-0.1, -0.05) is 30.3 Å². The Balaban J connectivity index is 1.58. The third-order valence-electron chi connectivity index (χ3n) is 4.94. The van der Waals surface area contributed by atoms with Crippen LogP contribution in [0.1, 0.15) is 24.0 Å². The van der Waals surface area contributed by atoms with E-state index in [0.717, 1.165) is 24.2 Å². The summed E-state index contributed by atoms with van der Waals surface area (Å²) in [6.45, 7) is 2.57. The maximum absolute atomic E-state index is 12.6. The zero-order valence-electron chi connectivity index (χ0n) is 15.0. The number of carbonyl (C=O) groups excluding carboxylic acids is 1. The second-order valence-corrected chi connectivity index (χ2v) is 6.61. The van der Waals surface area contributed by atoms with Crippen LogP contribution >= 0.6 is 0 Å². The van der Waals surface area contributed by atoms with Crippen molar-refractivity contribution in [3.63, 3.8) is 0 Å². The molecule has 1 aromatic heterocycles. The number of methoxy groups -OCH3 is 1. The van der Waals surface area contributed by atoms with Crippen molar-refractivity contribution in [2.24, 2.45) is 0 Å². The lowest BCUT2D eigenvalue weighted by molar-refractivity contribution is -0.146. The average Bonchev–Trinajstić information content (AvgIpc) is 2.69. The molecule has 0 saturated carbocycles. The fraction of sp³-hybridized carbons (Fsp3) is 0.400. The number of benzene rings is 1. The Morgan fingerprint density at radius 1 is 1.15 bits per heavy atom. The van der Waals surface area contributed by atoms with E-state index in [0.29, 0.717) is 25.9 Å². The molecule has 0 atom stereocenters. The number of amides is 1. The average molecular weight is 355 g/mol. The molecule has 0 radical (unpaired) electrons. The van der Waals surface area contributed by atoms with Crippen molar-refractivity contribution in [1.29, 1.82) is 0 Å². The van der Waals surface area contributed by atoms with E-state index in [1.807, 2.05) is 30.3 Å². The number of hydrogen-bond donors (Lipinski definition) is 2. The van der Waals surface area contributed by atoms with E-state index >= 15 is 0 Å². The minimum atomic E-state index is -0.723. The molecule has 1 saturated heterocycles. The fourth-order valence-electron chi connectivity index (χ4n) is 3.25. The Labute approximate surface area is 153 Å². The Morgan fingerprint density at radius 3 is 2.50 bits per heavy atom. The standard InChI is InChI=1S/C20H25N3O3/c1-26-20(9-11-21-12-10-20)19(25)22-14-16-5-7-17(8-6-16)15-23-13-3-2-4-18(23)24/h2-8,13,21H,9-12,14-15H2,1H3,(H,22,25). The van der Waals surface area contributed by atoms with Crippen molar-refractivity contribution in [3.05, 3.63) is 70.1 Å². The maximum atomic E-state index is 12.6. The van der Waals surface area contributed by atoms with Gasteiger partial charge in [0.25, 0.3) is 11.5 Å². The Hall–Kier alpha value is -2.44. The van der Waals surface area contributed by atoms with Crippen molar-refractivity contribution in [2.45, 2.75) is 31.5 Å². The van der Waals surface area contributed by atoms with Crippen molar-refractivity contribution in [1.82, 2.24) is 15.2 Å². The summed E-state index contributed by atoms with van der Waals surface area (Å²) in [5.41, 5.74) is 1.32. The SMILES string of the molecule is COC1(C(=O)NCc2ccc(Cn3ccccc3=O)cc2)CCNCC1. The molecule has 138 valence electrons. The third-order valence-corrected chi connectivity index (χ3v) is 4.94. The number of carbonyl (C=O) groups is 1. The molecule has 2 heterocycles. The molecule has 6 heteroatoms. The molecule has 2 aromatic rings. The summed E-state index contributed by atoms with van der Waals surface area (Å²) in [5.74, 6) is -0.0542. The number of hydrogen-bond acceptors (Lipinski definition) is 4. The summed E-state index contributed by atoms with van der Waals surface area (Å²) < 4.78 is 7.20. The molecule has 1 fully saturated rings. The van der Waals surface area contributed by atoms with Crippen molar-refractivity contribution in [2.75, 3.05) is 20.2 Å². The third kappa shape index (κ3) is 4.20. The first-order valence-corrected chi connectivity index (χ1v) is 8.90. The molecule has 0 bridgehead atoms. The van der Waals surface area contributed by atoms with Gasteiger partial charge in [0.15, 0.2) is 0 Å². The van der Waals surface area contributed by atoms with Crippen LogP contribution in [0.4, 0.5) is 0 Å². The highest BCUT2D eigenvalue weighted by molar-refractivity contribution is 5.85. The van der Waals surface area contributed by atoms with Crippen LogP contribution in [0.5, 0.6) is 0 Å². The Bertz CT molecular complexity index is 792. The number of rotatable bonds is 6. The monoisotopic (exact) mass is 355 g/mol. The van der Waals surface area contributed by atoms with E-state index in [4.69, 9.17) is 4.74 Å². The van der Waals surface area contributed by atoms with Crippen LogP contribution in [0.2, 0.25) is 0 Å². The molecule has 1 amide bonds. The quantitative estimate of drug-likeness (QED) is 0.819. The van der Waals surface area contributed by atoms with Gasteiger partial charge in [-0.25, -0.2) is 0 Å². The van der Waals surface area contributed by atoms with Gasteiger partial charge in [-0.3, -0.25) is 9.59 Å². The number of aromatic nitrogens is 1. The Kier molecular flexibility index (Phi) is 5.85. The number of piperidine rings is 1. The molecule has 26 heavy (non-hydrogen) atoms. The van der Waals surface area contributed by atoms with Crippen LogP contribution in [-0.4, -0.2) is 36.3 Å². The molecule has 1 aliphatic heterocycles. The summed E-state index contributed by atoms with van der Waals surface area (Å²) in [6.07, 6.45) is 3.14. The van der Waals surface area contributed by atoms with Gasteiger partial charge in [0, 0.05) is 25.9 Å². The molecule has 6 nitrogen and oxygen atoms in total. The summed E-state index contributed by atoms with van der Waals surface area (Å²) in [7, 11) is 1.60. The molecule has 1 aliphatic rings. The Morgan fingerprint density at radius 2 is 1.85 bits per heavy atom. The second kappa shape index (κ2) is 8.29. The first kappa shape index (κ1) is 18.4. The number of ether oxygens (including phenoxy) is 1. The van der Waals surface area contributed by atoms with Gasteiger partial charge in [-0.2, -0.15) is 0 Å². The molecule has 1 aromatic carbocycles. The molecule has 3 rings (SSSR count). The molecule has 0 unspecified atom stereocenters. The lowest BCUT2D eigenvalue weighted by Gasteiger charge is -2.34. The molecule has 0 aliphatic carbocycles. The van der Waals surface area contributed by atoms with Gasteiger partial charge in [-0.15, -0.1) is 0 Å². The zero-order valence-corrected chi connectivity index (χ0v) is 15.0. The van der Waals surface area contributed by atoms with Crippen LogP contribution in [0.15, 0.2) is 53.5 Å². The molecule has 2 N–H and O–H groups in total. The maximum Gasteiger partial charge on any atom is 0.252 e. The van der Waals surface area contributed by atoms with Crippen molar-refractivity contribution >= 4 is 5.91 Å². The molecular weight excluding hydrogens is 330 g/mol. The van der Waals surface area contributed by atoms with E-state index < -0.39 is 5.60 Å². The van der Waals surface area contributed by atoms with Crippen LogP contribution < -0.4 is 16.2 Å². The van der Waals surface area contributed by atoms with E-state index in [-0.39, 0.29) is 11.5 Å². The largest absolute Gasteiger partial charge is 0.368 e. The number of nitrogens with zero attached hydrogens (tertiary/aromatic N) is 1. The lowest BCUT2D eigenvalue weighted by atomic mass is 9.91.